The van der Waals surface area contributed by atoms with Crippen molar-refractivity contribution in [3.63, 3.8) is 0 Å². The first-order chi connectivity index (χ1) is 10.6. The molecule has 2 aromatic rings. The van der Waals surface area contributed by atoms with Crippen LogP contribution in [0.2, 0.25) is 5.15 Å². The van der Waals surface area contributed by atoms with Gasteiger partial charge in [0.2, 0.25) is 0 Å². The molecular weight excluding hydrogens is 296 g/mol. The Balaban J connectivity index is 1.94. The molecule has 5 heteroatoms. The van der Waals surface area contributed by atoms with E-state index in [1.54, 1.807) is 0 Å². The maximum atomic E-state index is 6.66. The van der Waals surface area contributed by atoms with Gasteiger partial charge in [-0.15, -0.1) is 0 Å². The van der Waals surface area contributed by atoms with E-state index in [1.165, 1.54) is 5.56 Å². The Labute approximate surface area is 137 Å². The van der Waals surface area contributed by atoms with Gasteiger partial charge in [0.1, 0.15) is 11.0 Å². The van der Waals surface area contributed by atoms with Crippen LogP contribution in [-0.2, 0) is 6.54 Å². The number of hydrogen-bond acceptors (Lipinski definition) is 3. The van der Waals surface area contributed by atoms with E-state index in [1.807, 2.05) is 23.0 Å². The van der Waals surface area contributed by atoms with Gasteiger partial charge in [-0.1, -0.05) is 31.5 Å². The zero-order valence-corrected chi connectivity index (χ0v) is 14.2. The van der Waals surface area contributed by atoms with Crippen molar-refractivity contribution in [3.8, 4) is 0 Å². The van der Waals surface area contributed by atoms with Crippen LogP contribution < -0.4 is 4.90 Å². The number of pyridine rings is 1. The lowest BCUT2D eigenvalue weighted by Crippen LogP contribution is -2.24. The van der Waals surface area contributed by atoms with Crippen LogP contribution in [0.3, 0.4) is 0 Å². The maximum absolute atomic E-state index is 6.66. The molecule has 3 rings (SSSR count). The van der Waals surface area contributed by atoms with Crippen LogP contribution in [0.25, 0.3) is 0 Å². The predicted molar refractivity (Wildman–Crippen MR) is 90.4 cm³/mol. The number of aryl methyl sites for hydroxylation is 1. The van der Waals surface area contributed by atoms with Crippen LogP contribution in [0, 0.1) is 12.8 Å². The topological polar surface area (TPSA) is 34.0 Å². The summed E-state index contributed by atoms with van der Waals surface area (Å²) in [5.74, 6) is 1.55. The van der Waals surface area contributed by atoms with Gasteiger partial charge in [-0.05, 0) is 37.8 Å². The molecule has 1 saturated heterocycles. The van der Waals surface area contributed by atoms with Crippen molar-refractivity contribution in [3.05, 3.63) is 40.8 Å². The summed E-state index contributed by atoms with van der Waals surface area (Å²) in [4.78, 5) is 6.86. The van der Waals surface area contributed by atoms with Crippen LogP contribution in [-0.4, -0.2) is 21.3 Å². The van der Waals surface area contributed by atoms with Crippen molar-refractivity contribution in [2.45, 2.75) is 46.2 Å². The molecule has 0 radical (unpaired) electrons. The fourth-order valence-electron chi connectivity index (χ4n) is 3.28. The summed E-state index contributed by atoms with van der Waals surface area (Å²) in [5.41, 5.74) is 2.21. The summed E-state index contributed by atoms with van der Waals surface area (Å²) >= 11 is 6.66. The highest BCUT2D eigenvalue weighted by molar-refractivity contribution is 6.30. The second-order valence-electron chi connectivity index (χ2n) is 6.41. The highest BCUT2D eigenvalue weighted by atomic mass is 35.5. The third-order valence-electron chi connectivity index (χ3n) is 4.18. The minimum atomic E-state index is 0.281. The van der Waals surface area contributed by atoms with Gasteiger partial charge in [-0.2, -0.15) is 5.10 Å². The van der Waals surface area contributed by atoms with Crippen LogP contribution >= 0.6 is 11.6 Å². The van der Waals surface area contributed by atoms with Crippen LogP contribution in [0.4, 0.5) is 5.82 Å². The van der Waals surface area contributed by atoms with Crippen LogP contribution in [0.1, 0.15) is 44.0 Å². The minimum Gasteiger partial charge on any atom is -0.349 e. The smallest absolute Gasteiger partial charge is 0.132 e. The molecule has 118 valence electrons. The number of halogens is 1. The molecule has 4 nitrogen and oxygen atoms in total. The molecule has 3 heterocycles. The van der Waals surface area contributed by atoms with Crippen LogP contribution in [0.15, 0.2) is 24.4 Å². The van der Waals surface area contributed by atoms with E-state index in [4.69, 9.17) is 11.6 Å². The van der Waals surface area contributed by atoms with E-state index in [0.29, 0.717) is 5.92 Å². The Bertz CT molecular complexity index is 636. The SMILES string of the molecule is Cc1nn(CC(C)C)c(Cl)c1C1CCCN1c1ccccn1. The molecule has 1 aliphatic rings. The van der Waals surface area contributed by atoms with E-state index in [0.717, 1.165) is 42.6 Å². The lowest BCUT2D eigenvalue weighted by atomic mass is 10.1. The minimum absolute atomic E-state index is 0.281. The van der Waals surface area contributed by atoms with E-state index < -0.39 is 0 Å². The Hall–Kier alpha value is -1.55. The molecule has 0 bridgehead atoms. The summed E-state index contributed by atoms with van der Waals surface area (Å²) in [6, 6.07) is 6.34. The van der Waals surface area contributed by atoms with E-state index in [2.05, 4.69) is 41.8 Å². The predicted octanol–water partition coefficient (Wildman–Crippen LogP) is 4.24. The average molecular weight is 319 g/mol. The van der Waals surface area contributed by atoms with Gasteiger partial charge in [-0.3, -0.25) is 4.68 Å². The monoisotopic (exact) mass is 318 g/mol. The molecule has 0 saturated carbocycles. The molecule has 22 heavy (non-hydrogen) atoms. The normalized spacial score (nSPS) is 18.4. The molecule has 0 N–H and O–H groups in total. The van der Waals surface area contributed by atoms with Gasteiger partial charge in [-0.25, -0.2) is 4.98 Å². The Kier molecular flexibility index (Phi) is 4.39. The number of anilines is 1. The van der Waals surface area contributed by atoms with Crippen molar-refractivity contribution in [2.24, 2.45) is 5.92 Å². The first-order valence-electron chi connectivity index (χ1n) is 7.98. The zero-order chi connectivity index (χ0) is 15.7. The summed E-state index contributed by atoms with van der Waals surface area (Å²) < 4.78 is 1.95. The molecule has 1 fully saturated rings. The fraction of sp³-hybridized carbons (Fsp3) is 0.529. The fourth-order valence-corrected chi connectivity index (χ4v) is 3.65. The largest absolute Gasteiger partial charge is 0.349 e. The summed E-state index contributed by atoms with van der Waals surface area (Å²) in [5, 5.41) is 5.45. The third kappa shape index (κ3) is 2.84. The number of rotatable bonds is 4. The summed E-state index contributed by atoms with van der Waals surface area (Å²) in [7, 11) is 0. The zero-order valence-electron chi connectivity index (χ0n) is 13.5. The Morgan fingerprint density at radius 3 is 2.86 bits per heavy atom. The molecular formula is C17H23ClN4. The van der Waals surface area contributed by atoms with E-state index in [-0.39, 0.29) is 6.04 Å². The first-order valence-corrected chi connectivity index (χ1v) is 8.36. The maximum Gasteiger partial charge on any atom is 0.132 e. The molecule has 0 spiro atoms. The molecule has 1 aliphatic heterocycles. The van der Waals surface area contributed by atoms with E-state index >= 15 is 0 Å². The number of nitrogens with zero attached hydrogens (tertiary/aromatic N) is 4. The molecule has 1 unspecified atom stereocenters. The standard InChI is InChI=1S/C17H23ClN4/c1-12(2)11-22-17(18)16(13(3)20-22)14-7-6-10-21(14)15-8-4-5-9-19-15/h4-5,8-9,12,14H,6-7,10-11H2,1-3H3. The average Bonchev–Trinajstić information content (AvgIpc) is 3.05. The molecule has 0 amide bonds. The summed E-state index contributed by atoms with van der Waals surface area (Å²) in [6.45, 7) is 8.31. The van der Waals surface area contributed by atoms with Gasteiger partial charge in [0, 0.05) is 24.8 Å². The second-order valence-corrected chi connectivity index (χ2v) is 6.76. The van der Waals surface area contributed by atoms with Crippen molar-refractivity contribution in [2.75, 3.05) is 11.4 Å². The molecule has 2 aromatic heterocycles. The highest BCUT2D eigenvalue weighted by Gasteiger charge is 2.32. The van der Waals surface area contributed by atoms with Crippen LogP contribution in [0.5, 0.6) is 0 Å². The Morgan fingerprint density at radius 1 is 1.36 bits per heavy atom. The van der Waals surface area contributed by atoms with Gasteiger partial charge in [0.05, 0.1) is 11.7 Å². The molecule has 0 aliphatic carbocycles. The highest BCUT2D eigenvalue weighted by Crippen LogP contribution is 2.39. The Morgan fingerprint density at radius 2 is 2.18 bits per heavy atom. The third-order valence-corrected chi connectivity index (χ3v) is 4.58. The second kappa shape index (κ2) is 6.29. The lowest BCUT2D eigenvalue weighted by molar-refractivity contribution is 0.481. The molecule has 1 atom stereocenters. The van der Waals surface area contributed by atoms with Crippen molar-refractivity contribution in [1.29, 1.82) is 0 Å². The van der Waals surface area contributed by atoms with Gasteiger partial charge in [0.25, 0.3) is 0 Å². The quantitative estimate of drug-likeness (QED) is 0.845. The van der Waals surface area contributed by atoms with Gasteiger partial charge in [0.15, 0.2) is 0 Å². The number of hydrogen-bond donors (Lipinski definition) is 0. The molecule has 0 aromatic carbocycles. The van der Waals surface area contributed by atoms with Crippen molar-refractivity contribution in [1.82, 2.24) is 14.8 Å². The van der Waals surface area contributed by atoms with Gasteiger partial charge >= 0.3 is 0 Å². The van der Waals surface area contributed by atoms with E-state index in [9.17, 15) is 0 Å². The van der Waals surface area contributed by atoms with Crippen molar-refractivity contribution < 1.29 is 0 Å². The van der Waals surface area contributed by atoms with Crippen molar-refractivity contribution >= 4 is 17.4 Å². The number of aromatic nitrogens is 3. The lowest BCUT2D eigenvalue weighted by Gasteiger charge is -2.26. The summed E-state index contributed by atoms with van der Waals surface area (Å²) in [6.07, 6.45) is 4.11. The van der Waals surface area contributed by atoms with Gasteiger partial charge < -0.3 is 4.90 Å². The first kappa shape index (κ1) is 15.3.